The zero-order valence-electron chi connectivity index (χ0n) is 15.7. The van der Waals surface area contributed by atoms with Crippen molar-refractivity contribution < 1.29 is 28.6 Å². The SMILES string of the molecule is CCOC(=O)Oc1ccc(C(=O)NCCNC(=O)c2ccccc2OC)cc1. The molecule has 0 aromatic heterocycles. The maximum absolute atomic E-state index is 12.2. The van der Waals surface area contributed by atoms with E-state index in [4.69, 9.17) is 9.47 Å². The minimum absolute atomic E-state index is 0.215. The maximum Gasteiger partial charge on any atom is 0.513 e. The monoisotopic (exact) mass is 386 g/mol. The van der Waals surface area contributed by atoms with Gasteiger partial charge in [0.25, 0.3) is 11.8 Å². The van der Waals surface area contributed by atoms with Crippen LogP contribution < -0.4 is 20.1 Å². The van der Waals surface area contributed by atoms with Crippen molar-refractivity contribution in [2.75, 3.05) is 26.8 Å². The zero-order valence-corrected chi connectivity index (χ0v) is 15.7. The first-order valence-electron chi connectivity index (χ1n) is 8.69. The molecule has 0 aliphatic rings. The van der Waals surface area contributed by atoms with Gasteiger partial charge in [-0.15, -0.1) is 0 Å². The highest BCUT2D eigenvalue weighted by molar-refractivity contribution is 5.97. The van der Waals surface area contributed by atoms with Gasteiger partial charge in [-0.25, -0.2) is 4.79 Å². The van der Waals surface area contributed by atoms with E-state index in [9.17, 15) is 14.4 Å². The minimum Gasteiger partial charge on any atom is -0.496 e. The first kappa shape index (κ1) is 20.8. The summed E-state index contributed by atoms with van der Waals surface area (Å²) in [5, 5.41) is 5.42. The Morgan fingerprint density at radius 1 is 0.893 bits per heavy atom. The van der Waals surface area contributed by atoms with E-state index >= 15 is 0 Å². The Morgan fingerprint density at radius 3 is 2.18 bits per heavy atom. The number of nitrogens with one attached hydrogen (secondary N) is 2. The second kappa shape index (κ2) is 10.6. The second-order valence-electron chi connectivity index (χ2n) is 5.52. The smallest absolute Gasteiger partial charge is 0.496 e. The fourth-order valence-electron chi connectivity index (χ4n) is 2.30. The van der Waals surface area contributed by atoms with Crippen LogP contribution in [-0.4, -0.2) is 44.8 Å². The van der Waals surface area contributed by atoms with Crippen molar-refractivity contribution in [3.8, 4) is 11.5 Å². The average molecular weight is 386 g/mol. The molecular formula is C20H22N2O6. The molecule has 2 N–H and O–H groups in total. The Hall–Kier alpha value is -3.55. The Balaban J connectivity index is 1.78. The normalized spacial score (nSPS) is 9.93. The van der Waals surface area contributed by atoms with E-state index in [1.165, 1.54) is 31.4 Å². The molecule has 2 rings (SSSR count). The van der Waals surface area contributed by atoms with Crippen LogP contribution in [0.15, 0.2) is 48.5 Å². The van der Waals surface area contributed by atoms with Crippen molar-refractivity contribution in [3.63, 3.8) is 0 Å². The summed E-state index contributed by atoms with van der Waals surface area (Å²) in [5.74, 6) is 0.162. The summed E-state index contributed by atoms with van der Waals surface area (Å²) in [6, 6.07) is 12.9. The number of rotatable bonds is 8. The highest BCUT2D eigenvalue weighted by Crippen LogP contribution is 2.16. The largest absolute Gasteiger partial charge is 0.513 e. The van der Waals surface area contributed by atoms with E-state index in [0.29, 0.717) is 16.9 Å². The third-order valence-corrected chi connectivity index (χ3v) is 3.63. The van der Waals surface area contributed by atoms with Gasteiger partial charge in [0, 0.05) is 18.7 Å². The molecule has 0 unspecified atom stereocenters. The third-order valence-electron chi connectivity index (χ3n) is 3.63. The predicted molar refractivity (Wildman–Crippen MR) is 102 cm³/mol. The topological polar surface area (TPSA) is 103 Å². The standard InChI is InChI=1S/C20H22N2O6/c1-3-27-20(25)28-15-10-8-14(9-11-15)18(23)21-12-13-22-19(24)16-6-4-5-7-17(16)26-2/h4-11H,3,12-13H2,1-2H3,(H,21,23)(H,22,24). The van der Waals surface area contributed by atoms with Gasteiger partial charge in [0.2, 0.25) is 0 Å². The second-order valence-corrected chi connectivity index (χ2v) is 5.52. The van der Waals surface area contributed by atoms with Crippen molar-refractivity contribution in [1.29, 1.82) is 0 Å². The summed E-state index contributed by atoms with van der Waals surface area (Å²) in [4.78, 5) is 35.5. The Bertz CT molecular complexity index is 820. The molecule has 8 heteroatoms. The van der Waals surface area contributed by atoms with Crippen molar-refractivity contribution in [2.45, 2.75) is 6.92 Å². The Kier molecular flexibility index (Phi) is 7.83. The van der Waals surface area contributed by atoms with Crippen LogP contribution in [0.4, 0.5) is 4.79 Å². The van der Waals surface area contributed by atoms with Crippen molar-refractivity contribution in [3.05, 3.63) is 59.7 Å². The van der Waals surface area contributed by atoms with Gasteiger partial charge in [-0.1, -0.05) is 12.1 Å². The molecule has 0 aliphatic carbocycles. The number of ether oxygens (including phenoxy) is 3. The molecule has 0 atom stereocenters. The Morgan fingerprint density at radius 2 is 1.54 bits per heavy atom. The van der Waals surface area contributed by atoms with Crippen LogP contribution in [0.1, 0.15) is 27.6 Å². The lowest BCUT2D eigenvalue weighted by Crippen LogP contribution is -2.34. The number of methoxy groups -OCH3 is 1. The average Bonchev–Trinajstić information content (AvgIpc) is 2.71. The van der Waals surface area contributed by atoms with Crippen LogP contribution in [0.5, 0.6) is 11.5 Å². The molecule has 0 radical (unpaired) electrons. The van der Waals surface area contributed by atoms with E-state index in [0.717, 1.165) is 0 Å². The first-order chi connectivity index (χ1) is 13.5. The molecule has 2 amide bonds. The molecule has 0 saturated heterocycles. The zero-order chi connectivity index (χ0) is 20.4. The molecule has 0 saturated carbocycles. The van der Waals surface area contributed by atoms with Gasteiger partial charge in [0.15, 0.2) is 0 Å². The number of hydrogen-bond donors (Lipinski definition) is 2. The predicted octanol–water partition coefficient (Wildman–Crippen LogP) is 2.39. The lowest BCUT2D eigenvalue weighted by molar-refractivity contribution is 0.0925. The highest BCUT2D eigenvalue weighted by atomic mass is 16.7. The minimum atomic E-state index is -0.800. The van der Waals surface area contributed by atoms with Gasteiger partial charge in [-0.3, -0.25) is 9.59 Å². The van der Waals surface area contributed by atoms with E-state index in [-0.39, 0.29) is 37.3 Å². The molecule has 148 valence electrons. The maximum atomic E-state index is 12.2. The van der Waals surface area contributed by atoms with Gasteiger partial charge in [-0.05, 0) is 43.3 Å². The summed E-state index contributed by atoms with van der Waals surface area (Å²) in [6.07, 6.45) is -0.800. The first-order valence-corrected chi connectivity index (χ1v) is 8.69. The molecule has 2 aromatic carbocycles. The summed E-state index contributed by atoms with van der Waals surface area (Å²) in [6.45, 7) is 2.40. The molecule has 0 fully saturated rings. The van der Waals surface area contributed by atoms with Crippen LogP contribution in [0.2, 0.25) is 0 Å². The molecule has 0 bridgehead atoms. The van der Waals surface area contributed by atoms with Gasteiger partial charge in [-0.2, -0.15) is 0 Å². The van der Waals surface area contributed by atoms with Gasteiger partial charge in [0.05, 0.1) is 19.3 Å². The molecule has 0 aliphatic heterocycles. The summed E-state index contributed by atoms with van der Waals surface area (Å²) in [7, 11) is 1.50. The molecule has 28 heavy (non-hydrogen) atoms. The number of carbonyl (C=O) groups excluding carboxylic acids is 3. The quantitative estimate of drug-likeness (QED) is 0.410. The summed E-state index contributed by atoms with van der Waals surface area (Å²) < 4.78 is 14.7. The molecule has 0 heterocycles. The third kappa shape index (κ3) is 6.01. The van der Waals surface area contributed by atoms with E-state index in [1.54, 1.807) is 31.2 Å². The fourth-order valence-corrected chi connectivity index (χ4v) is 2.30. The van der Waals surface area contributed by atoms with Crippen molar-refractivity contribution in [1.82, 2.24) is 10.6 Å². The molecular weight excluding hydrogens is 364 g/mol. The summed E-state index contributed by atoms with van der Waals surface area (Å²) in [5.41, 5.74) is 0.820. The highest BCUT2D eigenvalue weighted by Gasteiger charge is 2.11. The molecule has 2 aromatic rings. The van der Waals surface area contributed by atoms with E-state index in [1.807, 2.05) is 0 Å². The number of amides is 2. The number of para-hydroxylation sites is 1. The van der Waals surface area contributed by atoms with Crippen molar-refractivity contribution in [2.24, 2.45) is 0 Å². The lowest BCUT2D eigenvalue weighted by Gasteiger charge is -2.10. The van der Waals surface area contributed by atoms with E-state index in [2.05, 4.69) is 15.4 Å². The fraction of sp³-hybridized carbons (Fsp3) is 0.250. The van der Waals surface area contributed by atoms with Crippen LogP contribution in [-0.2, 0) is 4.74 Å². The van der Waals surface area contributed by atoms with Gasteiger partial charge < -0.3 is 24.8 Å². The number of hydrogen-bond acceptors (Lipinski definition) is 6. The van der Waals surface area contributed by atoms with Crippen LogP contribution >= 0.6 is 0 Å². The van der Waals surface area contributed by atoms with Gasteiger partial charge >= 0.3 is 6.16 Å². The number of benzene rings is 2. The summed E-state index contributed by atoms with van der Waals surface area (Å²) >= 11 is 0. The van der Waals surface area contributed by atoms with Crippen molar-refractivity contribution >= 4 is 18.0 Å². The van der Waals surface area contributed by atoms with Crippen LogP contribution in [0, 0.1) is 0 Å². The van der Waals surface area contributed by atoms with Gasteiger partial charge in [0.1, 0.15) is 11.5 Å². The van der Waals surface area contributed by atoms with E-state index < -0.39 is 6.16 Å². The Labute approximate surface area is 162 Å². The number of carbonyl (C=O) groups is 3. The molecule has 0 spiro atoms. The lowest BCUT2D eigenvalue weighted by atomic mass is 10.2. The molecule has 8 nitrogen and oxygen atoms in total. The van der Waals surface area contributed by atoms with Crippen LogP contribution in [0.25, 0.3) is 0 Å². The van der Waals surface area contributed by atoms with Crippen LogP contribution in [0.3, 0.4) is 0 Å².